The largest absolute Gasteiger partial charge is 0.399 e. The second-order valence-corrected chi connectivity index (χ2v) is 4.58. The lowest BCUT2D eigenvalue weighted by molar-refractivity contribution is 0.0991. The lowest BCUT2D eigenvalue weighted by Crippen LogP contribution is -2.08. The second kappa shape index (κ2) is 5.54. The summed E-state index contributed by atoms with van der Waals surface area (Å²) in [5.41, 5.74) is 5.72. The maximum atomic E-state index is 13.5. The maximum Gasteiger partial charge on any atom is 0.194 e. The van der Waals surface area contributed by atoms with E-state index in [0.29, 0.717) is 5.69 Å². The molecule has 2 nitrogen and oxygen atoms in total. The van der Waals surface area contributed by atoms with Gasteiger partial charge in [0.15, 0.2) is 23.2 Å². The molecule has 0 atom stereocenters. The van der Waals surface area contributed by atoms with Crippen LogP contribution in [0.4, 0.5) is 18.9 Å². The Bertz CT molecular complexity index is 688. The van der Waals surface area contributed by atoms with E-state index in [1.54, 1.807) is 0 Å². The molecule has 0 saturated carbocycles. The summed E-state index contributed by atoms with van der Waals surface area (Å²) < 4.78 is 39.4. The number of nitrogen functional groups attached to an aromatic ring is 1. The van der Waals surface area contributed by atoms with Gasteiger partial charge in [-0.1, -0.05) is 17.7 Å². The standard InChI is InChI=1S/C14H9ClF3NO/c15-10-3-2-8(19)6-9(10)12(20)5-7-1-4-11(16)14(18)13(7)17/h1-4,6H,5,19H2. The van der Waals surface area contributed by atoms with Crippen LogP contribution in [0.1, 0.15) is 15.9 Å². The second-order valence-electron chi connectivity index (χ2n) is 4.17. The van der Waals surface area contributed by atoms with Crippen molar-refractivity contribution in [2.24, 2.45) is 0 Å². The van der Waals surface area contributed by atoms with Crippen molar-refractivity contribution in [3.63, 3.8) is 0 Å². The van der Waals surface area contributed by atoms with Crippen LogP contribution < -0.4 is 5.73 Å². The predicted molar refractivity (Wildman–Crippen MR) is 70.2 cm³/mol. The third kappa shape index (κ3) is 2.77. The van der Waals surface area contributed by atoms with Gasteiger partial charge in [0.05, 0.1) is 5.02 Å². The lowest BCUT2D eigenvalue weighted by Gasteiger charge is -2.07. The Morgan fingerprint density at radius 3 is 2.50 bits per heavy atom. The van der Waals surface area contributed by atoms with Crippen LogP contribution in [0.15, 0.2) is 30.3 Å². The molecular formula is C14H9ClF3NO. The van der Waals surface area contributed by atoms with E-state index in [1.807, 2.05) is 0 Å². The van der Waals surface area contributed by atoms with Gasteiger partial charge in [-0.15, -0.1) is 0 Å². The third-order valence-corrected chi connectivity index (χ3v) is 3.09. The molecular weight excluding hydrogens is 291 g/mol. The summed E-state index contributed by atoms with van der Waals surface area (Å²) >= 11 is 5.85. The third-order valence-electron chi connectivity index (χ3n) is 2.76. The molecule has 104 valence electrons. The lowest BCUT2D eigenvalue weighted by atomic mass is 10.0. The first-order chi connectivity index (χ1) is 9.40. The van der Waals surface area contributed by atoms with Gasteiger partial charge in [0.1, 0.15) is 0 Å². The van der Waals surface area contributed by atoms with E-state index in [9.17, 15) is 18.0 Å². The minimum atomic E-state index is -1.60. The summed E-state index contributed by atoms with van der Waals surface area (Å²) in [7, 11) is 0. The summed E-state index contributed by atoms with van der Waals surface area (Å²) in [5, 5.41) is 0.159. The quantitative estimate of drug-likeness (QED) is 0.533. The Morgan fingerprint density at radius 2 is 1.80 bits per heavy atom. The summed E-state index contributed by atoms with van der Waals surface area (Å²) in [6.45, 7) is 0. The van der Waals surface area contributed by atoms with Gasteiger partial charge in [-0.2, -0.15) is 0 Å². The molecule has 0 amide bonds. The number of hydrogen-bond acceptors (Lipinski definition) is 2. The van der Waals surface area contributed by atoms with Crippen molar-refractivity contribution < 1.29 is 18.0 Å². The van der Waals surface area contributed by atoms with Crippen LogP contribution in [0.5, 0.6) is 0 Å². The highest BCUT2D eigenvalue weighted by atomic mass is 35.5. The molecule has 20 heavy (non-hydrogen) atoms. The topological polar surface area (TPSA) is 43.1 Å². The number of benzene rings is 2. The number of halogens is 4. The van der Waals surface area contributed by atoms with Crippen molar-refractivity contribution >= 4 is 23.1 Å². The van der Waals surface area contributed by atoms with Gasteiger partial charge in [0, 0.05) is 17.7 Å². The fraction of sp³-hybridized carbons (Fsp3) is 0.0714. The number of carbonyl (C=O) groups is 1. The normalized spacial score (nSPS) is 10.6. The van der Waals surface area contributed by atoms with E-state index in [-0.39, 0.29) is 16.1 Å². The smallest absolute Gasteiger partial charge is 0.194 e. The molecule has 0 saturated heterocycles. The van der Waals surface area contributed by atoms with Crippen LogP contribution >= 0.6 is 11.6 Å². The van der Waals surface area contributed by atoms with Gasteiger partial charge in [0.25, 0.3) is 0 Å². The van der Waals surface area contributed by atoms with Gasteiger partial charge >= 0.3 is 0 Å². The average Bonchev–Trinajstić information content (AvgIpc) is 2.42. The van der Waals surface area contributed by atoms with Crippen molar-refractivity contribution in [3.05, 3.63) is 63.9 Å². The van der Waals surface area contributed by atoms with Gasteiger partial charge in [0.2, 0.25) is 0 Å². The minimum absolute atomic E-state index is 0.107. The molecule has 0 bridgehead atoms. The fourth-order valence-corrected chi connectivity index (χ4v) is 1.95. The maximum absolute atomic E-state index is 13.5. The molecule has 2 N–H and O–H groups in total. The van der Waals surface area contributed by atoms with Crippen LogP contribution in [-0.2, 0) is 6.42 Å². The molecule has 2 aromatic rings. The molecule has 0 fully saturated rings. The first-order valence-electron chi connectivity index (χ1n) is 5.60. The van der Waals surface area contributed by atoms with Crippen molar-refractivity contribution in [3.8, 4) is 0 Å². The summed E-state index contributed by atoms with van der Waals surface area (Å²) in [4.78, 5) is 12.0. The first kappa shape index (κ1) is 14.4. The number of nitrogens with two attached hydrogens (primary N) is 1. The van der Waals surface area contributed by atoms with E-state index in [2.05, 4.69) is 0 Å². The van der Waals surface area contributed by atoms with Crippen LogP contribution in [0.3, 0.4) is 0 Å². The van der Waals surface area contributed by atoms with E-state index in [1.165, 1.54) is 18.2 Å². The van der Waals surface area contributed by atoms with E-state index < -0.39 is 29.7 Å². The molecule has 0 spiro atoms. The minimum Gasteiger partial charge on any atom is -0.399 e. The Hall–Kier alpha value is -2.01. The van der Waals surface area contributed by atoms with Gasteiger partial charge < -0.3 is 5.73 Å². The zero-order valence-electron chi connectivity index (χ0n) is 10.1. The van der Waals surface area contributed by atoms with Crippen LogP contribution in [0, 0.1) is 17.5 Å². The van der Waals surface area contributed by atoms with Gasteiger partial charge in [-0.25, -0.2) is 13.2 Å². The number of ketones is 1. The van der Waals surface area contributed by atoms with E-state index >= 15 is 0 Å². The predicted octanol–water partition coefficient (Wildman–Crippen LogP) is 3.76. The Labute approximate surface area is 118 Å². The van der Waals surface area contributed by atoms with Crippen molar-refractivity contribution in [2.75, 3.05) is 5.73 Å². The van der Waals surface area contributed by atoms with Crippen LogP contribution in [0.2, 0.25) is 5.02 Å². The average molecular weight is 300 g/mol. The SMILES string of the molecule is Nc1ccc(Cl)c(C(=O)Cc2ccc(F)c(F)c2F)c1. The molecule has 2 aromatic carbocycles. The van der Waals surface area contributed by atoms with Crippen molar-refractivity contribution in [2.45, 2.75) is 6.42 Å². The molecule has 0 aliphatic heterocycles. The molecule has 0 radical (unpaired) electrons. The van der Waals surface area contributed by atoms with Crippen molar-refractivity contribution in [1.29, 1.82) is 0 Å². The Balaban J connectivity index is 2.33. The molecule has 0 aliphatic rings. The van der Waals surface area contributed by atoms with Crippen LogP contribution in [-0.4, -0.2) is 5.78 Å². The van der Waals surface area contributed by atoms with E-state index in [0.717, 1.165) is 12.1 Å². The highest BCUT2D eigenvalue weighted by Crippen LogP contribution is 2.22. The number of carbonyl (C=O) groups excluding carboxylic acids is 1. The molecule has 0 heterocycles. The van der Waals surface area contributed by atoms with Gasteiger partial charge in [-0.3, -0.25) is 4.79 Å². The highest BCUT2D eigenvalue weighted by molar-refractivity contribution is 6.34. The number of Topliss-reactive ketones (excluding diaryl/α,β-unsaturated/α-hetero) is 1. The fourth-order valence-electron chi connectivity index (χ4n) is 1.73. The number of anilines is 1. The zero-order chi connectivity index (χ0) is 14.9. The summed E-state index contributed by atoms with van der Waals surface area (Å²) in [6, 6.07) is 6.08. The molecule has 0 unspecified atom stereocenters. The monoisotopic (exact) mass is 299 g/mol. The molecule has 0 aromatic heterocycles. The number of rotatable bonds is 3. The van der Waals surface area contributed by atoms with Crippen molar-refractivity contribution in [1.82, 2.24) is 0 Å². The van der Waals surface area contributed by atoms with Crippen LogP contribution in [0.25, 0.3) is 0 Å². The summed E-state index contributed by atoms with van der Waals surface area (Å²) in [5.74, 6) is -4.82. The zero-order valence-corrected chi connectivity index (χ0v) is 10.8. The Kier molecular flexibility index (Phi) is 3.99. The first-order valence-corrected chi connectivity index (χ1v) is 5.98. The van der Waals surface area contributed by atoms with Gasteiger partial charge in [-0.05, 0) is 29.8 Å². The number of hydrogen-bond donors (Lipinski definition) is 1. The van der Waals surface area contributed by atoms with E-state index in [4.69, 9.17) is 17.3 Å². The summed E-state index contributed by atoms with van der Waals surface area (Å²) in [6.07, 6.45) is -0.438. The highest BCUT2D eigenvalue weighted by Gasteiger charge is 2.18. The molecule has 0 aliphatic carbocycles. The Morgan fingerprint density at radius 1 is 1.10 bits per heavy atom. The molecule has 2 rings (SSSR count). The molecule has 6 heteroatoms.